The Morgan fingerprint density at radius 3 is 1.86 bits per heavy atom. The minimum atomic E-state index is -2.61. The van der Waals surface area contributed by atoms with Crippen molar-refractivity contribution in [3.63, 3.8) is 0 Å². The zero-order valence-corrected chi connectivity index (χ0v) is 14.9. The molecular weight excluding hydrogens is 306 g/mol. The van der Waals surface area contributed by atoms with Gasteiger partial charge in [0.1, 0.15) is 0 Å². The smallest absolute Gasteiger partial charge is 0.462 e. The van der Waals surface area contributed by atoms with E-state index in [1.807, 2.05) is 20.8 Å². The molecule has 0 spiro atoms. The van der Waals surface area contributed by atoms with Crippen molar-refractivity contribution in [3.8, 4) is 0 Å². The second kappa shape index (κ2) is 14.6. The van der Waals surface area contributed by atoms with Gasteiger partial charge in [0, 0.05) is 31.4 Å². The molecule has 0 aliphatic carbocycles. The molecule has 0 heterocycles. The minimum absolute atomic E-state index is 0.327. The lowest BCUT2D eigenvalue weighted by Crippen LogP contribution is -2.46. The molecule has 0 aliphatic rings. The average Bonchev–Trinajstić information content (AvgIpc) is 2.45. The third kappa shape index (κ3) is 11.4. The molecule has 0 saturated carbocycles. The van der Waals surface area contributed by atoms with Crippen LogP contribution in [0.25, 0.3) is 0 Å². The first-order valence-electron chi connectivity index (χ1n) is 7.21. The minimum Gasteiger partial charge on any atom is -0.462 e. The van der Waals surface area contributed by atoms with E-state index in [1.165, 1.54) is 0 Å². The van der Waals surface area contributed by atoms with Gasteiger partial charge in [0.05, 0.1) is 6.61 Å². The number of hydrogen-bond acceptors (Lipinski definition) is 7. The lowest BCUT2D eigenvalue weighted by molar-refractivity contribution is -0.139. The summed E-state index contributed by atoms with van der Waals surface area (Å²) in [5, 5.41) is 5.40. The van der Waals surface area contributed by atoms with Gasteiger partial charge >= 0.3 is 14.8 Å². The number of esters is 1. The molecule has 0 atom stereocenters. The van der Waals surface area contributed by atoms with Crippen LogP contribution in [0.5, 0.6) is 0 Å². The summed E-state index contributed by atoms with van der Waals surface area (Å²) in [5.41, 5.74) is 0.405. The molecule has 0 aromatic heterocycles. The highest BCUT2D eigenvalue weighted by molar-refractivity contribution is 6.60. The third-order valence-electron chi connectivity index (χ3n) is 2.30. The van der Waals surface area contributed by atoms with Gasteiger partial charge < -0.3 is 18.0 Å². The van der Waals surface area contributed by atoms with E-state index in [0.29, 0.717) is 44.5 Å². The van der Waals surface area contributed by atoms with Gasteiger partial charge in [-0.15, -0.1) is 0 Å². The Labute approximate surface area is 133 Å². The molecule has 1 N–H and O–H groups in total. The van der Waals surface area contributed by atoms with Crippen LogP contribution < -0.4 is 0 Å². The van der Waals surface area contributed by atoms with Crippen LogP contribution in [0.1, 0.15) is 34.1 Å². The molecule has 0 aliphatic heterocycles. The molecule has 0 aromatic carbocycles. The first-order chi connectivity index (χ1) is 10.4. The summed E-state index contributed by atoms with van der Waals surface area (Å²) in [6.07, 6.45) is 1.41. The van der Waals surface area contributed by atoms with Crippen LogP contribution in [0.3, 0.4) is 0 Å². The molecule has 0 radical (unpaired) electrons. The lowest BCUT2D eigenvalue weighted by Gasteiger charge is -2.28. The monoisotopic (exact) mass is 333 g/mol. The number of rotatable bonds is 11. The fraction of sp³-hybridized carbons (Fsp3) is 0.714. The molecular formula is C14H27NO6Si. The van der Waals surface area contributed by atoms with E-state index in [9.17, 15) is 4.79 Å². The van der Waals surface area contributed by atoms with Crippen molar-refractivity contribution in [2.45, 2.75) is 40.2 Å². The molecule has 0 saturated heterocycles. The van der Waals surface area contributed by atoms with Gasteiger partial charge in [-0.25, -0.2) is 15.0 Å². The second-order valence-corrected chi connectivity index (χ2v) is 6.84. The van der Waals surface area contributed by atoms with Gasteiger partial charge in [-0.05, 0) is 34.1 Å². The Morgan fingerprint density at radius 2 is 1.55 bits per heavy atom. The van der Waals surface area contributed by atoms with Gasteiger partial charge in [-0.1, -0.05) is 6.58 Å². The SMILES string of the molecule is C=C(C)C(=O)OCCC[Si](OCC)(OCC)OCC.N=C=O. The van der Waals surface area contributed by atoms with E-state index in [2.05, 4.69) is 6.58 Å². The number of hydrogen-bond donors (Lipinski definition) is 1. The normalized spacial score (nSPS) is 10.2. The highest BCUT2D eigenvalue weighted by Gasteiger charge is 2.39. The van der Waals surface area contributed by atoms with Gasteiger partial charge in [0.2, 0.25) is 6.08 Å². The molecule has 0 aromatic rings. The van der Waals surface area contributed by atoms with E-state index in [-0.39, 0.29) is 5.97 Å². The highest BCUT2D eigenvalue weighted by atomic mass is 28.4. The largest absolute Gasteiger partial charge is 0.501 e. The van der Waals surface area contributed by atoms with Crippen LogP contribution in [-0.4, -0.2) is 47.3 Å². The van der Waals surface area contributed by atoms with Gasteiger partial charge in [-0.2, -0.15) is 0 Å². The molecule has 8 heteroatoms. The third-order valence-corrected chi connectivity index (χ3v) is 5.45. The quantitative estimate of drug-likeness (QED) is 0.156. The van der Waals surface area contributed by atoms with Crippen molar-refractivity contribution in [1.29, 1.82) is 5.41 Å². The summed E-state index contributed by atoms with van der Waals surface area (Å²) >= 11 is 0. The predicted octanol–water partition coefficient (Wildman–Crippen LogP) is 2.45. The number of ether oxygens (including phenoxy) is 1. The maximum absolute atomic E-state index is 11.2. The first-order valence-corrected chi connectivity index (χ1v) is 9.14. The van der Waals surface area contributed by atoms with Crippen LogP contribution >= 0.6 is 0 Å². The molecule has 0 bridgehead atoms. The van der Waals surface area contributed by atoms with Gasteiger partial charge in [-0.3, -0.25) is 0 Å². The Hall–Kier alpha value is -1.31. The zero-order valence-electron chi connectivity index (χ0n) is 13.9. The maximum atomic E-state index is 11.2. The van der Waals surface area contributed by atoms with E-state index in [1.54, 1.807) is 6.92 Å². The summed E-state index contributed by atoms with van der Waals surface area (Å²) in [5.74, 6) is -0.364. The summed E-state index contributed by atoms with van der Waals surface area (Å²) in [7, 11) is -2.61. The summed E-state index contributed by atoms with van der Waals surface area (Å²) < 4.78 is 22.2. The van der Waals surface area contributed by atoms with Crippen LogP contribution in [0, 0.1) is 5.41 Å². The van der Waals surface area contributed by atoms with Gasteiger partial charge in [0.15, 0.2) is 0 Å². The fourth-order valence-corrected chi connectivity index (χ4v) is 4.16. The molecule has 128 valence electrons. The number of carbonyl (C=O) groups excluding carboxylic acids is 2. The van der Waals surface area contributed by atoms with Crippen LogP contribution in [0.15, 0.2) is 12.2 Å². The predicted molar refractivity (Wildman–Crippen MR) is 84.2 cm³/mol. The number of nitrogens with one attached hydrogen (secondary N) is 1. The van der Waals surface area contributed by atoms with Crippen molar-refractivity contribution in [1.82, 2.24) is 0 Å². The molecule has 0 unspecified atom stereocenters. The van der Waals surface area contributed by atoms with E-state index < -0.39 is 8.80 Å². The fourth-order valence-electron chi connectivity index (χ4n) is 1.58. The van der Waals surface area contributed by atoms with Crippen molar-refractivity contribution < 1.29 is 27.6 Å². The summed E-state index contributed by atoms with van der Waals surface area (Å²) in [4.78, 5) is 19.6. The summed E-state index contributed by atoms with van der Waals surface area (Å²) in [6, 6.07) is 0.645. The van der Waals surface area contributed by atoms with Crippen LogP contribution in [-0.2, 0) is 27.6 Å². The molecule has 0 amide bonds. The van der Waals surface area contributed by atoms with E-state index in [0.717, 1.165) is 6.08 Å². The van der Waals surface area contributed by atoms with Crippen molar-refractivity contribution in [2.24, 2.45) is 0 Å². The van der Waals surface area contributed by atoms with E-state index >= 15 is 0 Å². The summed E-state index contributed by atoms with van der Waals surface area (Å²) in [6.45, 7) is 12.9. The maximum Gasteiger partial charge on any atom is 0.501 e. The average molecular weight is 333 g/mol. The Morgan fingerprint density at radius 1 is 1.14 bits per heavy atom. The zero-order chi connectivity index (χ0) is 17.4. The van der Waals surface area contributed by atoms with Gasteiger partial charge in [0.25, 0.3) is 0 Å². The standard InChI is InChI=1S/C13H26O5Si.CHNO/c1-6-16-19(17-7-2,18-8-3)11-9-10-15-13(14)12(4)5;2-1-3/h4,6-11H2,1-3,5H3;2H. The highest BCUT2D eigenvalue weighted by Crippen LogP contribution is 2.18. The molecule has 22 heavy (non-hydrogen) atoms. The topological polar surface area (TPSA) is 94.9 Å². The van der Waals surface area contributed by atoms with Crippen molar-refractivity contribution in [2.75, 3.05) is 26.4 Å². The van der Waals surface area contributed by atoms with E-state index in [4.69, 9.17) is 28.2 Å². The van der Waals surface area contributed by atoms with Crippen LogP contribution in [0.4, 0.5) is 0 Å². The lowest BCUT2D eigenvalue weighted by atomic mass is 10.4. The van der Waals surface area contributed by atoms with Crippen LogP contribution in [0.2, 0.25) is 6.04 Å². The molecule has 0 fully saturated rings. The number of carbonyl (C=O) groups is 1. The Balaban J connectivity index is 0. The second-order valence-electron chi connectivity index (χ2n) is 4.10. The van der Waals surface area contributed by atoms with Crippen molar-refractivity contribution in [3.05, 3.63) is 12.2 Å². The molecule has 7 nitrogen and oxygen atoms in total. The first kappa shape index (κ1) is 23.0. The Kier molecular flexibility index (Phi) is 15.3. The number of isocyanates is 1. The molecule has 0 rings (SSSR count). The van der Waals surface area contributed by atoms with Crippen molar-refractivity contribution >= 4 is 20.9 Å². The Bertz CT molecular complexity index is 338.